The summed E-state index contributed by atoms with van der Waals surface area (Å²) in [7, 11) is 0. The molecule has 1 aliphatic rings. The number of benzene rings is 1. The molecule has 13 heteroatoms. The first-order valence-electron chi connectivity index (χ1n) is 11.6. The maximum atomic E-state index is 12.9. The highest BCUT2D eigenvalue weighted by molar-refractivity contribution is 5.84. The molecule has 0 spiro atoms. The van der Waals surface area contributed by atoms with Crippen LogP contribution in [-0.2, 0) is 19.2 Å². The topological polar surface area (TPSA) is 163 Å². The van der Waals surface area contributed by atoms with Gasteiger partial charge in [-0.25, -0.2) is 4.79 Å². The van der Waals surface area contributed by atoms with Crippen LogP contribution in [-0.4, -0.2) is 66.0 Å². The number of nitrogens with zero attached hydrogens (tertiary/aromatic N) is 3. The second-order valence-electron chi connectivity index (χ2n) is 8.12. The fourth-order valence-electron chi connectivity index (χ4n) is 4.16. The van der Waals surface area contributed by atoms with Crippen molar-refractivity contribution in [2.24, 2.45) is 11.8 Å². The minimum absolute atomic E-state index is 0.0281. The summed E-state index contributed by atoms with van der Waals surface area (Å²) in [4.78, 5) is 56.1. The molecule has 1 aromatic carbocycles. The number of alkyl carbamates (subject to hydrolysis) is 1. The van der Waals surface area contributed by atoms with E-state index in [1.54, 1.807) is 4.90 Å². The van der Waals surface area contributed by atoms with Gasteiger partial charge in [0.2, 0.25) is 5.91 Å². The van der Waals surface area contributed by atoms with Crippen molar-refractivity contribution in [1.29, 1.82) is 0 Å². The fraction of sp³-hybridized carbons (Fsp3) is 0.636. The van der Waals surface area contributed by atoms with Gasteiger partial charge in [0.05, 0.1) is 12.5 Å². The van der Waals surface area contributed by atoms with Crippen LogP contribution >= 0.6 is 0 Å². The van der Waals surface area contributed by atoms with Crippen LogP contribution in [0.15, 0.2) is 30.3 Å². The van der Waals surface area contributed by atoms with Crippen molar-refractivity contribution in [3.8, 4) is 0 Å². The predicted octanol–water partition coefficient (Wildman–Crippen LogP) is 2.57. The molecular formula is C22H32N4O9. The van der Waals surface area contributed by atoms with E-state index in [1.165, 1.54) is 0 Å². The summed E-state index contributed by atoms with van der Waals surface area (Å²) in [6.45, 7) is 4.92. The zero-order valence-corrected chi connectivity index (χ0v) is 19.9. The molecule has 2 rings (SSSR count). The Bertz CT molecular complexity index is 851. The van der Waals surface area contributed by atoms with Crippen LogP contribution in [0, 0.1) is 32.1 Å². The summed E-state index contributed by atoms with van der Waals surface area (Å²) < 4.78 is 5.15. The number of amides is 2. The van der Waals surface area contributed by atoms with E-state index in [0.717, 1.165) is 5.56 Å². The zero-order chi connectivity index (χ0) is 25.8. The van der Waals surface area contributed by atoms with Gasteiger partial charge >= 0.3 is 6.09 Å². The molecule has 1 saturated carbocycles. The third-order valence-corrected chi connectivity index (χ3v) is 5.95. The molecule has 1 fully saturated rings. The van der Waals surface area contributed by atoms with Crippen molar-refractivity contribution < 1.29 is 34.2 Å². The minimum Gasteiger partial charge on any atom is -0.450 e. The Labute approximate surface area is 202 Å². The Balaban J connectivity index is 1.76. The molecule has 0 aromatic heterocycles. The lowest BCUT2D eigenvalue weighted by molar-refractivity contribution is -0.790. The summed E-state index contributed by atoms with van der Waals surface area (Å²) in [5, 5.41) is 21.4. The van der Waals surface area contributed by atoms with Crippen molar-refractivity contribution in [3.05, 3.63) is 56.1 Å². The first-order valence-corrected chi connectivity index (χ1v) is 11.6. The Kier molecular flexibility index (Phi) is 11.0. The van der Waals surface area contributed by atoms with Crippen molar-refractivity contribution >= 4 is 12.0 Å². The van der Waals surface area contributed by atoms with Crippen LogP contribution in [0.4, 0.5) is 4.79 Å². The van der Waals surface area contributed by atoms with E-state index in [9.17, 15) is 29.8 Å². The first-order chi connectivity index (χ1) is 16.8. The van der Waals surface area contributed by atoms with E-state index in [-0.39, 0.29) is 36.7 Å². The molecule has 0 radical (unpaired) electrons. The van der Waals surface area contributed by atoms with Crippen molar-refractivity contribution in [2.45, 2.75) is 45.1 Å². The quantitative estimate of drug-likeness (QED) is 0.206. The fourth-order valence-corrected chi connectivity index (χ4v) is 4.16. The Morgan fingerprint density at radius 3 is 2.37 bits per heavy atom. The molecule has 0 aliphatic heterocycles. The predicted molar refractivity (Wildman–Crippen MR) is 122 cm³/mol. The van der Waals surface area contributed by atoms with Gasteiger partial charge in [-0.15, -0.1) is 20.2 Å². The van der Waals surface area contributed by atoms with Gasteiger partial charge in [-0.3, -0.25) is 4.79 Å². The van der Waals surface area contributed by atoms with E-state index in [4.69, 9.17) is 4.74 Å². The van der Waals surface area contributed by atoms with Crippen molar-refractivity contribution in [1.82, 2.24) is 10.2 Å². The highest BCUT2D eigenvalue weighted by atomic mass is 17.0. The Hall–Kier alpha value is -3.64. The monoisotopic (exact) mass is 496 g/mol. The van der Waals surface area contributed by atoms with Crippen LogP contribution in [0.1, 0.15) is 44.6 Å². The maximum Gasteiger partial charge on any atom is 0.407 e. The molecule has 4 atom stereocenters. The molecular weight excluding hydrogens is 464 g/mol. The standard InChI is InChI=1S/C22H32N4O9/c1-3-24(4-2)21(27)20-18(19(20)16-10-6-5-7-11-16)14-23-22(28)33-13-9-8-12-17(35-26(31)32)15-34-25(29)30/h5-7,10-11,17-20H,3-4,8-9,12-15H2,1-2H3,(H,23,28)/t17-,18-,19?,20-/m0/s1. The molecule has 1 aromatic rings. The highest BCUT2D eigenvalue weighted by Gasteiger charge is 2.56. The van der Waals surface area contributed by atoms with Gasteiger partial charge < -0.3 is 24.6 Å². The van der Waals surface area contributed by atoms with Crippen molar-refractivity contribution in [3.63, 3.8) is 0 Å². The van der Waals surface area contributed by atoms with Gasteiger partial charge in [0, 0.05) is 25.6 Å². The number of hydrogen-bond donors (Lipinski definition) is 1. The second kappa shape index (κ2) is 13.9. The number of nitrogens with one attached hydrogen (secondary N) is 1. The average molecular weight is 497 g/mol. The number of unbranched alkanes of at least 4 members (excludes halogenated alkanes) is 1. The Morgan fingerprint density at radius 1 is 1.09 bits per heavy atom. The third-order valence-electron chi connectivity index (χ3n) is 5.95. The first kappa shape index (κ1) is 27.6. The Morgan fingerprint density at radius 2 is 1.77 bits per heavy atom. The van der Waals surface area contributed by atoms with E-state index < -0.39 is 29.0 Å². The zero-order valence-electron chi connectivity index (χ0n) is 19.9. The van der Waals surface area contributed by atoms with Gasteiger partial charge in [0.15, 0.2) is 0 Å². The number of hydrogen-bond acceptors (Lipinski definition) is 9. The smallest absolute Gasteiger partial charge is 0.407 e. The van der Waals surface area contributed by atoms with Gasteiger partial charge in [-0.2, -0.15) is 0 Å². The lowest BCUT2D eigenvalue weighted by atomic mass is 10.1. The van der Waals surface area contributed by atoms with E-state index in [0.29, 0.717) is 32.5 Å². The number of carbonyl (C=O) groups excluding carboxylic acids is 2. The molecule has 1 unspecified atom stereocenters. The molecule has 0 bridgehead atoms. The summed E-state index contributed by atoms with van der Waals surface area (Å²) in [5.41, 5.74) is 1.06. The molecule has 0 saturated heterocycles. The summed E-state index contributed by atoms with van der Waals surface area (Å²) in [6, 6.07) is 9.74. The average Bonchev–Trinajstić information content (AvgIpc) is 3.56. The molecule has 0 heterocycles. The molecule has 13 nitrogen and oxygen atoms in total. The van der Waals surface area contributed by atoms with Gasteiger partial charge in [-0.1, -0.05) is 30.3 Å². The van der Waals surface area contributed by atoms with Gasteiger partial charge in [0.1, 0.15) is 12.7 Å². The summed E-state index contributed by atoms with van der Waals surface area (Å²) >= 11 is 0. The number of carbonyl (C=O) groups is 2. The van der Waals surface area contributed by atoms with E-state index in [1.807, 2.05) is 44.2 Å². The number of rotatable bonds is 16. The lowest BCUT2D eigenvalue weighted by Gasteiger charge is -2.19. The van der Waals surface area contributed by atoms with Crippen LogP contribution in [0.5, 0.6) is 0 Å². The van der Waals surface area contributed by atoms with Crippen molar-refractivity contribution in [2.75, 3.05) is 32.8 Å². The molecule has 1 N–H and O–H groups in total. The highest BCUT2D eigenvalue weighted by Crippen LogP contribution is 2.54. The van der Waals surface area contributed by atoms with Crippen LogP contribution in [0.25, 0.3) is 0 Å². The number of ether oxygens (including phenoxy) is 1. The largest absolute Gasteiger partial charge is 0.450 e. The normalized spacial score (nSPS) is 19.2. The maximum absolute atomic E-state index is 12.9. The molecule has 2 amide bonds. The SMILES string of the molecule is CCN(CC)C(=O)[C@@H]1C(c2ccccc2)[C@@H]1CNC(=O)OCCCC[C@@H](CO[N+](=O)[O-])O[N+](=O)[O-]. The third kappa shape index (κ3) is 8.91. The van der Waals surface area contributed by atoms with Gasteiger partial charge in [0.25, 0.3) is 10.2 Å². The van der Waals surface area contributed by atoms with Gasteiger partial charge in [-0.05, 0) is 44.6 Å². The minimum atomic E-state index is -1.09. The van der Waals surface area contributed by atoms with Crippen LogP contribution < -0.4 is 5.32 Å². The summed E-state index contributed by atoms with van der Waals surface area (Å²) in [5.74, 6) is -0.113. The molecule has 194 valence electrons. The lowest BCUT2D eigenvalue weighted by Crippen LogP contribution is -2.33. The van der Waals surface area contributed by atoms with Crippen LogP contribution in [0.3, 0.4) is 0 Å². The van der Waals surface area contributed by atoms with E-state index >= 15 is 0 Å². The second-order valence-corrected chi connectivity index (χ2v) is 8.12. The van der Waals surface area contributed by atoms with E-state index in [2.05, 4.69) is 15.0 Å². The molecule has 35 heavy (non-hydrogen) atoms. The summed E-state index contributed by atoms with van der Waals surface area (Å²) in [6.07, 6.45) is -0.841. The van der Waals surface area contributed by atoms with Crippen LogP contribution in [0.2, 0.25) is 0 Å². The molecule has 1 aliphatic carbocycles.